The maximum atomic E-state index is 12.4. The smallest absolute Gasteiger partial charge is 0.319 e. The molecule has 0 bridgehead atoms. The van der Waals surface area contributed by atoms with Crippen LogP contribution in [0.1, 0.15) is 47.7 Å². The third-order valence-electron chi connectivity index (χ3n) is 4.03. The largest absolute Gasteiger partial charge is 0.335 e. The lowest BCUT2D eigenvalue weighted by Gasteiger charge is -2.08. The molecule has 3 amide bonds. The fourth-order valence-corrected chi connectivity index (χ4v) is 3.19. The number of rotatable bonds is 5. The molecule has 2 saturated carbocycles. The van der Waals surface area contributed by atoms with Crippen molar-refractivity contribution < 1.29 is 9.59 Å². The van der Waals surface area contributed by atoms with Crippen LogP contribution >= 0.6 is 11.3 Å². The van der Waals surface area contributed by atoms with E-state index in [9.17, 15) is 9.59 Å². The average molecular weight is 342 g/mol. The fourth-order valence-electron chi connectivity index (χ4n) is 2.40. The summed E-state index contributed by atoms with van der Waals surface area (Å²) >= 11 is 1.45. The van der Waals surface area contributed by atoms with E-state index in [0.717, 1.165) is 18.5 Å². The minimum absolute atomic E-state index is 0.224. The first kappa shape index (κ1) is 15.1. The molecule has 6 nitrogen and oxygen atoms in total. The van der Waals surface area contributed by atoms with Gasteiger partial charge in [-0.15, -0.1) is 11.3 Å². The van der Waals surface area contributed by atoms with Gasteiger partial charge in [-0.05, 0) is 43.9 Å². The highest BCUT2D eigenvalue weighted by molar-refractivity contribution is 7.14. The molecule has 1 aromatic carbocycles. The second-order valence-corrected chi connectivity index (χ2v) is 7.12. The van der Waals surface area contributed by atoms with Crippen molar-refractivity contribution in [2.24, 2.45) is 0 Å². The summed E-state index contributed by atoms with van der Waals surface area (Å²) in [4.78, 5) is 28.6. The Morgan fingerprint density at radius 3 is 2.71 bits per heavy atom. The molecule has 2 aliphatic carbocycles. The summed E-state index contributed by atoms with van der Waals surface area (Å²) < 4.78 is 0. The topological polar surface area (TPSA) is 83.1 Å². The van der Waals surface area contributed by atoms with Crippen LogP contribution in [0.15, 0.2) is 29.6 Å². The average Bonchev–Trinajstić information content (AvgIpc) is 3.49. The lowest BCUT2D eigenvalue weighted by Crippen LogP contribution is -2.30. The molecule has 0 saturated heterocycles. The van der Waals surface area contributed by atoms with Crippen LogP contribution in [0, 0.1) is 0 Å². The summed E-state index contributed by atoms with van der Waals surface area (Å²) in [6, 6.07) is 6.95. The molecule has 2 fully saturated rings. The van der Waals surface area contributed by atoms with Crippen molar-refractivity contribution >= 4 is 34.1 Å². The van der Waals surface area contributed by atoms with E-state index in [1.165, 1.54) is 24.2 Å². The molecule has 7 heteroatoms. The van der Waals surface area contributed by atoms with Crippen LogP contribution in [0.25, 0.3) is 0 Å². The number of hydrogen-bond acceptors (Lipinski definition) is 4. The Morgan fingerprint density at radius 2 is 1.96 bits per heavy atom. The summed E-state index contributed by atoms with van der Waals surface area (Å²) in [5, 5.41) is 11.1. The number of urea groups is 1. The number of thiazole rings is 1. The standard InChI is InChI=1S/C17H18N4O2S/c22-15(21-17-20-14(9-24-17)10-4-5-10)11-2-1-3-13(8-11)19-16(23)18-12-6-7-12/h1-3,8-10,12H,4-7H2,(H2,18,19,23)(H,20,21,22). The first-order chi connectivity index (χ1) is 11.7. The van der Waals surface area contributed by atoms with Gasteiger partial charge in [-0.25, -0.2) is 9.78 Å². The van der Waals surface area contributed by atoms with Crippen molar-refractivity contribution in [3.8, 4) is 0 Å². The molecule has 0 atom stereocenters. The minimum atomic E-state index is -0.232. The van der Waals surface area contributed by atoms with Crippen molar-refractivity contribution in [1.82, 2.24) is 10.3 Å². The number of amides is 3. The molecule has 1 heterocycles. The first-order valence-electron chi connectivity index (χ1n) is 8.12. The van der Waals surface area contributed by atoms with E-state index >= 15 is 0 Å². The molecule has 0 aliphatic heterocycles. The number of carbonyl (C=O) groups is 2. The molecule has 2 aliphatic rings. The van der Waals surface area contributed by atoms with Crippen LogP contribution in [0.5, 0.6) is 0 Å². The Morgan fingerprint density at radius 1 is 1.12 bits per heavy atom. The predicted molar refractivity (Wildman–Crippen MR) is 93.7 cm³/mol. The number of nitrogens with zero attached hydrogens (tertiary/aromatic N) is 1. The number of aromatic nitrogens is 1. The molecular formula is C17H18N4O2S. The molecule has 0 radical (unpaired) electrons. The molecule has 124 valence electrons. The third-order valence-corrected chi connectivity index (χ3v) is 4.81. The highest BCUT2D eigenvalue weighted by Crippen LogP contribution is 2.40. The van der Waals surface area contributed by atoms with E-state index in [1.807, 2.05) is 5.38 Å². The van der Waals surface area contributed by atoms with Crippen molar-refractivity contribution in [3.63, 3.8) is 0 Å². The van der Waals surface area contributed by atoms with E-state index < -0.39 is 0 Å². The number of carbonyl (C=O) groups excluding carboxylic acids is 2. The molecule has 1 aromatic heterocycles. The molecule has 24 heavy (non-hydrogen) atoms. The van der Waals surface area contributed by atoms with Crippen LogP contribution in [0.4, 0.5) is 15.6 Å². The predicted octanol–water partition coefficient (Wildman–Crippen LogP) is 3.56. The molecule has 0 unspecified atom stereocenters. The second-order valence-electron chi connectivity index (χ2n) is 6.26. The lowest BCUT2D eigenvalue weighted by atomic mass is 10.2. The van der Waals surface area contributed by atoms with E-state index in [0.29, 0.717) is 28.3 Å². The maximum Gasteiger partial charge on any atom is 0.319 e. The quantitative estimate of drug-likeness (QED) is 0.777. The van der Waals surface area contributed by atoms with Gasteiger partial charge in [0.25, 0.3) is 5.91 Å². The summed E-state index contributed by atoms with van der Waals surface area (Å²) in [5.41, 5.74) is 2.16. The molecular weight excluding hydrogens is 324 g/mol. The van der Waals surface area contributed by atoms with Gasteiger partial charge < -0.3 is 10.6 Å². The summed E-state index contributed by atoms with van der Waals surface area (Å²) in [6.45, 7) is 0. The Labute approximate surface area is 143 Å². The monoisotopic (exact) mass is 342 g/mol. The van der Waals surface area contributed by atoms with Crippen LogP contribution in [-0.2, 0) is 0 Å². The van der Waals surface area contributed by atoms with Gasteiger partial charge in [-0.2, -0.15) is 0 Å². The zero-order valence-electron chi connectivity index (χ0n) is 13.0. The van der Waals surface area contributed by atoms with Crippen LogP contribution in [-0.4, -0.2) is 23.0 Å². The Bertz CT molecular complexity index is 780. The Kier molecular flexibility index (Phi) is 3.93. The fraction of sp³-hybridized carbons (Fsp3) is 0.353. The van der Waals surface area contributed by atoms with Gasteiger partial charge in [0.05, 0.1) is 5.69 Å². The normalized spacial score (nSPS) is 16.5. The van der Waals surface area contributed by atoms with Gasteiger partial charge >= 0.3 is 6.03 Å². The number of hydrogen-bond donors (Lipinski definition) is 3. The lowest BCUT2D eigenvalue weighted by molar-refractivity contribution is 0.102. The van der Waals surface area contributed by atoms with Crippen molar-refractivity contribution in [3.05, 3.63) is 40.9 Å². The molecule has 4 rings (SSSR count). The highest BCUT2D eigenvalue weighted by Gasteiger charge is 2.26. The van der Waals surface area contributed by atoms with Crippen molar-refractivity contribution in [2.75, 3.05) is 10.6 Å². The zero-order chi connectivity index (χ0) is 16.5. The van der Waals surface area contributed by atoms with Gasteiger partial charge in [0.1, 0.15) is 0 Å². The summed E-state index contributed by atoms with van der Waals surface area (Å²) in [5.74, 6) is 0.349. The number of benzene rings is 1. The highest BCUT2D eigenvalue weighted by atomic mass is 32.1. The summed E-state index contributed by atoms with van der Waals surface area (Å²) in [7, 11) is 0. The van der Waals surface area contributed by atoms with Crippen molar-refractivity contribution in [2.45, 2.75) is 37.6 Å². The minimum Gasteiger partial charge on any atom is -0.335 e. The number of anilines is 2. The maximum absolute atomic E-state index is 12.4. The zero-order valence-corrected chi connectivity index (χ0v) is 13.9. The van der Waals surface area contributed by atoms with Gasteiger partial charge in [0, 0.05) is 28.6 Å². The van der Waals surface area contributed by atoms with Gasteiger partial charge in [0.2, 0.25) is 0 Å². The summed E-state index contributed by atoms with van der Waals surface area (Å²) in [6.07, 6.45) is 4.45. The van der Waals surface area contributed by atoms with Gasteiger partial charge in [-0.1, -0.05) is 6.07 Å². The Balaban J connectivity index is 1.39. The van der Waals surface area contributed by atoms with E-state index in [4.69, 9.17) is 0 Å². The molecule has 2 aromatic rings. The SMILES string of the molecule is O=C(Nc1cccc(C(=O)Nc2nc(C3CC3)cs2)c1)NC1CC1. The Hall–Kier alpha value is -2.41. The molecule has 0 spiro atoms. The van der Waals surface area contributed by atoms with Crippen LogP contribution in [0.2, 0.25) is 0 Å². The van der Waals surface area contributed by atoms with Gasteiger partial charge in [-0.3, -0.25) is 10.1 Å². The first-order valence-corrected chi connectivity index (χ1v) is 9.00. The van der Waals surface area contributed by atoms with Crippen LogP contribution < -0.4 is 16.0 Å². The van der Waals surface area contributed by atoms with E-state index in [1.54, 1.807) is 24.3 Å². The van der Waals surface area contributed by atoms with E-state index in [2.05, 4.69) is 20.9 Å². The van der Waals surface area contributed by atoms with Crippen LogP contribution in [0.3, 0.4) is 0 Å². The van der Waals surface area contributed by atoms with Crippen molar-refractivity contribution in [1.29, 1.82) is 0 Å². The number of nitrogens with one attached hydrogen (secondary N) is 3. The molecule has 3 N–H and O–H groups in total. The third kappa shape index (κ3) is 3.73. The second kappa shape index (κ2) is 6.24. The van der Waals surface area contributed by atoms with Gasteiger partial charge in [0.15, 0.2) is 5.13 Å². The van der Waals surface area contributed by atoms with E-state index in [-0.39, 0.29) is 11.9 Å².